The molecular formula is C31H33N3O9. The van der Waals surface area contributed by atoms with E-state index in [1.54, 1.807) is 88.4 Å². The number of nitrogens with zero attached hydrogens (tertiary/aromatic N) is 2. The fourth-order valence-electron chi connectivity index (χ4n) is 5.52. The van der Waals surface area contributed by atoms with Crippen molar-refractivity contribution < 1.29 is 38.0 Å². The van der Waals surface area contributed by atoms with Crippen LogP contribution >= 0.6 is 0 Å². The number of hydrogen-bond acceptors (Lipinski definition) is 10. The van der Waals surface area contributed by atoms with Crippen LogP contribution in [-0.4, -0.2) is 70.1 Å². The summed E-state index contributed by atoms with van der Waals surface area (Å²) < 4.78 is 38.6. The van der Waals surface area contributed by atoms with E-state index < -0.39 is 65.9 Å². The Labute approximate surface area is 247 Å². The van der Waals surface area contributed by atoms with Gasteiger partial charge in [0.1, 0.15) is 30.2 Å². The number of rotatable bonds is 5. The van der Waals surface area contributed by atoms with E-state index in [9.17, 15) is 14.4 Å². The molecule has 43 heavy (non-hydrogen) atoms. The van der Waals surface area contributed by atoms with Crippen molar-refractivity contribution in [2.75, 3.05) is 11.9 Å². The molecule has 226 valence electrons. The number of amides is 1. The molecule has 3 aliphatic heterocycles. The lowest BCUT2D eigenvalue weighted by molar-refractivity contribution is -0.332. The Morgan fingerprint density at radius 1 is 0.860 bits per heavy atom. The lowest BCUT2D eigenvalue weighted by Crippen LogP contribution is -2.55. The van der Waals surface area contributed by atoms with E-state index >= 15 is 0 Å². The third-order valence-electron chi connectivity index (χ3n) is 7.42. The Hall–Kier alpha value is -3.94. The zero-order valence-electron chi connectivity index (χ0n) is 24.2. The van der Waals surface area contributed by atoms with Gasteiger partial charge in [-0.05, 0) is 58.0 Å². The number of esters is 1. The minimum absolute atomic E-state index is 0.0463. The average molecular weight is 592 g/mol. The van der Waals surface area contributed by atoms with Crippen molar-refractivity contribution in [2.24, 2.45) is 0 Å². The molecule has 3 aromatic rings. The van der Waals surface area contributed by atoms with E-state index in [-0.39, 0.29) is 12.4 Å². The van der Waals surface area contributed by atoms with Gasteiger partial charge in [0.25, 0.3) is 5.91 Å². The summed E-state index contributed by atoms with van der Waals surface area (Å²) >= 11 is 0. The number of aromatic nitrogens is 2. The minimum Gasteiger partial charge on any atom is -0.451 e. The van der Waals surface area contributed by atoms with Crippen LogP contribution in [0, 0.1) is 0 Å². The molecule has 6 atom stereocenters. The Balaban J connectivity index is 1.38. The van der Waals surface area contributed by atoms with Gasteiger partial charge in [0, 0.05) is 11.8 Å². The first-order valence-corrected chi connectivity index (χ1v) is 14.0. The predicted molar refractivity (Wildman–Crippen MR) is 151 cm³/mol. The Morgan fingerprint density at radius 3 is 2.16 bits per heavy atom. The summed E-state index contributed by atoms with van der Waals surface area (Å²) in [5, 5.41) is 2.63. The van der Waals surface area contributed by atoms with Gasteiger partial charge in [-0.1, -0.05) is 36.4 Å². The molecule has 6 rings (SSSR count). The maximum atomic E-state index is 13.5. The highest BCUT2D eigenvalue weighted by Crippen LogP contribution is 2.44. The average Bonchev–Trinajstić information content (AvgIpc) is 3.26. The Kier molecular flexibility index (Phi) is 7.65. The van der Waals surface area contributed by atoms with Crippen LogP contribution in [0.2, 0.25) is 0 Å². The first-order chi connectivity index (χ1) is 20.5. The number of ether oxygens (including phenoxy) is 6. The molecule has 4 unspecified atom stereocenters. The second kappa shape index (κ2) is 11.3. The molecule has 2 aromatic carbocycles. The molecular weight excluding hydrogens is 558 g/mol. The van der Waals surface area contributed by atoms with Crippen molar-refractivity contribution in [3.8, 4) is 0 Å². The number of benzene rings is 2. The van der Waals surface area contributed by atoms with E-state index in [0.29, 0.717) is 11.1 Å². The third-order valence-corrected chi connectivity index (χ3v) is 7.42. The molecule has 0 spiro atoms. The molecule has 4 heterocycles. The van der Waals surface area contributed by atoms with E-state index in [0.717, 1.165) is 0 Å². The highest BCUT2D eigenvalue weighted by Gasteiger charge is 2.60. The van der Waals surface area contributed by atoms with Crippen LogP contribution in [0.1, 0.15) is 54.6 Å². The van der Waals surface area contributed by atoms with Crippen LogP contribution in [-0.2, 0) is 28.4 Å². The first kappa shape index (κ1) is 29.1. The smallest absolute Gasteiger partial charge is 0.351 e. The summed E-state index contributed by atoms with van der Waals surface area (Å²) in [5.74, 6) is -3.02. The molecule has 3 fully saturated rings. The monoisotopic (exact) mass is 591 g/mol. The maximum Gasteiger partial charge on any atom is 0.351 e. The highest BCUT2D eigenvalue weighted by molar-refractivity contribution is 6.03. The fourth-order valence-corrected chi connectivity index (χ4v) is 5.52. The van der Waals surface area contributed by atoms with Crippen LogP contribution < -0.4 is 11.0 Å². The molecule has 1 N–H and O–H groups in total. The van der Waals surface area contributed by atoms with Crippen LogP contribution in [0.15, 0.2) is 77.7 Å². The SMILES string of the molecule is CC1(C)OCC2OC(n3ccc(NC(=O)c4ccccc4)nc3=O)C(OC(=O)c3ccccc3)[C@H]3OC(C)(C)OC3[C@@H]2O1. The molecule has 12 nitrogen and oxygen atoms in total. The summed E-state index contributed by atoms with van der Waals surface area (Å²) in [4.78, 5) is 43.6. The molecule has 0 radical (unpaired) electrons. The van der Waals surface area contributed by atoms with Crippen molar-refractivity contribution >= 4 is 17.7 Å². The number of fused-ring (bicyclic) bond motifs is 3. The van der Waals surface area contributed by atoms with Gasteiger partial charge in [-0.15, -0.1) is 0 Å². The summed E-state index contributed by atoms with van der Waals surface area (Å²) in [5.41, 5.74) is -0.0302. The third kappa shape index (κ3) is 6.10. The second-order valence-corrected chi connectivity index (χ2v) is 11.5. The lowest BCUT2D eigenvalue weighted by Gasteiger charge is -2.42. The number of hydrogen-bond donors (Lipinski definition) is 1. The highest BCUT2D eigenvalue weighted by atomic mass is 16.8. The molecule has 1 amide bonds. The van der Waals surface area contributed by atoms with Gasteiger partial charge in [-0.2, -0.15) is 4.98 Å². The van der Waals surface area contributed by atoms with Crippen LogP contribution in [0.5, 0.6) is 0 Å². The molecule has 0 aliphatic carbocycles. The minimum atomic E-state index is -1.21. The van der Waals surface area contributed by atoms with Gasteiger partial charge in [0.15, 0.2) is 23.9 Å². The van der Waals surface area contributed by atoms with Crippen molar-refractivity contribution in [3.63, 3.8) is 0 Å². The van der Waals surface area contributed by atoms with Gasteiger partial charge < -0.3 is 33.7 Å². The normalized spacial score (nSPS) is 29.0. The molecule has 3 aliphatic rings. The number of carbonyl (C=O) groups excluding carboxylic acids is 2. The fraction of sp³-hybridized carbons (Fsp3) is 0.419. The van der Waals surface area contributed by atoms with E-state index in [4.69, 9.17) is 28.4 Å². The summed E-state index contributed by atoms with van der Waals surface area (Å²) in [6.07, 6.45) is -3.95. The van der Waals surface area contributed by atoms with Crippen molar-refractivity contribution in [1.29, 1.82) is 0 Å². The predicted octanol–water partition coefficient (Wildman–Crippen LogP) is 3.29. The maximum absolute atomic E-state index is 13.5. The summed E-state index contributed by atoms with van der Waals surface area (Å²) in [6, 6.07) is 18.5. The topological polar surface area (TPSA) is 136 Å². The standard InChI is InChI=1S/C31H33N3O9/c1-30(2)38-17-20-22(41-30)23-24(43-31(3,4)42-23)25(40-28(36)19-13-9-6-10-14-19)27(39-20)34-16-15-21(33-29(34)37)32-26(35)18-11-7-5-8-12-18/h5-16,20,22-25,27H,17H2,1-4H3,(H,32,33,35,37)/t20?,22-,23?,24+,25?,27?/m1/s1. The quantitative estimate of drug-likeness (QED) is 0.440. The summed E-state index contributed by atoms with van der Waals surface area (Å²) in [6.45, 7) is 7.19. The van der Waals surface area contributed by atoms with Crippen LogP contribution in [0.3, 0.4) is 0 Å². The van der Waals surface area contributed by atoms with E-state index in [2.05, 4.69) is 10.3 Å². The molecule has 0 bridgehead atoms. The lowest BCUT2D eigenvalue weighted by atomic mass is 9.99. The zero-order chi connectivity index (χ0) is 30.4. The largest absolute Gasteiger partial charge is 0.451 e. The van der Waals surface area contributed by atoms with Crippen molar-refractivity contribution in [1.82, 2.24) is 9.55 Å². The number of carbonyl (C=O) groups is 2. The van der Waals surface area contributed by atoms with Crippen LogP contribution in [0.25, 0.3) is 0 Å². The van der Waals surface area contributed by atoms with Crippen molar-refractivity contribution in [2.45, 2.75) is 76.0 Å². The molecule has 12 heteroatoms. The van der Waals surface area contributed by atoms with E-state index in [1.807, 2.05) is 0 Å². The number of anilines is 1. The van der Waals surface area contributed by atoms with E-state index in [1.165, 1.54) is 16.8 Å². The molecule has 3 saturated heterocycles. The molecule has 0 saturated carbocycles. The van der Waals surface area contributed by atoms with Gasteiger partial charge >= 0.3 is 11.7 Å². The first-order valence-electron chi connectivity index (χ1n) is 14.0. The van der Waals surface area contributed by atoms with Gasteiger partial charge in [-0.3, -0.25) is 9.36 Å². The summed E-state index contributed by atoms with van der Waals surface area (Å²) in [7, 11) is 0. The van der Waals surface area contributed by atoms with Crippen LogP contribution in [0.4, 0.5) is 5.82 Å². The zero-order valence-corrected chi connectivity index (χ0v) is 24.2. The van der Waals surface area contributed by atoms with Gasteiger partial charge in [0.2, 0.25) is 0 Å². The van der Waals surface area contributed by atoms with Crippen molar-refractivity contribution in [3.05, 3.63) is 94.5 Å². The molecule has 1 aromatic heterocycles. The Morgan fingerprint density at radius 2 is 1.49 bits per heavy atom. The second-order valence-electron chi connectivity index (χ2n) is 11.5. The van der Waals surface area contributed by atoms with Gasteiger partial charge in [-0.25, -0.2) is 9.59 Å². The number of nitrogens with one attached hydrogen (secondary N) is 1. The van der Waals surface area contributed by atoms with Gasteiger partial charge in [0.05, 0.1) is 12.2 Å². The Bertz CT molecular complexity index is 1540.